The molecule has 0 aromatic heterocycles. The van der Waals surface area contributed by atoms with Gasteiger partial charge in [-0.2, -0.15) is 5.26 Å². The second-order valence-corrected chi connectivity index (χ2v) is 3.33. The second kappa shape index (κ2) is 3.21. The zero-order valence-corrected chi connectivity index (χ0v) is 6.93. The molecule has 0 atom stereocenters. The summed E-state index contributed by atoms with van der Waals surface area (Å²) in [6, 6.07) is 2.74. The van der Waals surface area contributed by atoms with Crippen LogP contribution < -0.4 is 11.1 Å². The number of nitriles is 1. The average molecular weight is 153 g/mol. The summed E-state index contributed by atoms with van der Waals surface area (Å²) in [6.45, 7) is 0. The van der Waals surface area contributed by atoms with E-state index in [2.05, 4.69) is 11.4 Å². The maximum absolute atomic E-state index is 8.71. The minimum absolute atomic E-state index is 0.534. The monoisotopic (exact) mass is 153 g/mol. The van der Waals surface area contributed by atoms with Crippen molar-refractivity contribution >= 4 is 0 Å². The zero-order chi connectivity index (χ0) is 8.32. The molecule has 0 saturated heterocycles. The van der Waals surface area contributed by atoms with Gasteiger partial charge in [-0.25, -0.2) is 0 Å². The first-order valence-corrected chi connectivity index (χ1v) is 4.07. The zero-order valence-electron chi connectivity index (χ0n) is 6.93. The van der Waals surface area contributed by atoms with Gasteiger partial charge in [-0.05, 0) is 32.7 Å². The van der Waals surface area contributed by atoms with Crippen LogP contribution >= 0.6 is 0 Å². The van der Waals surface area contributed by atoms with E-state index in [1.807, 2.05) is 7.05 Å². The molecule has 1 aliphatic rings. The van der Waals surface area contributed by atoms with Gasteiger partial charge in [-0.15, -0.1) is 0 Å². The molecule has 1 rings (SSSR count). The first-order valence-electron chi connectivity index (χ1n) is 4.07. The van der Waals surface area contributed by atoms with Gasteiger partial charge in [0.1, 0.15) is 5.54 Å². The van der Waals surface area contributed by atoms with Crippen LogP contribution in [0, 0.1) is 11.3 Å². The molecule has 3 N–H and O–H groups in total. The van der Waals surface area contributed by atoms with Crippen LogP contribution in [0.5, 0.6) is 0 Å². The van der Waals surface area contributed by atoms with Crippen molar-refractivity contribution in [3.63, 3.8) is 0 Å². The predicted octanol–water partition coefficient (Wildman–Crippen LogP) is 0.369. The number of hydrogen-bond donors (Lipinski definition) is 2. The molecule has 0 radical (unpaired) electrons. The third kappa shape index (κ3) is 1.92. The Kier molecular flexibility index (Phi) is 2.48. The molecule has 0 aromatic rings. The standard InChI is InChI=1S/C8H15N3/c1-11-7-2-4-8(10,6-9)5-3-7/h7,11H,2-5,10H2,1H3. The average Bonchev–Trinajstić information content (AvgIpc) is 2.06. The summed E-state index contributed by atoms with van der Waals surface area (Å²) in [5.74, 6) is 0. The minimum Gasteiger partial charge on any atom is -0.317 e. The molecule has 0 aliphatic heterocycles. The van der Waals surface area contributed by atoms with Gasteiger partial charge in [0, 0.05) is 6.04 Å². The van der Waals surface area contributed by atoms with Crippen molar-refractivity contribution < 1.29 is 0 Å². The Balaban J connectivity index is 2.43. The highest BCUT2D eigenvalue weighted by atomic mass is 14.9. The Bertz CT molecular complexity index is 163. The van der Waals surface area contributed by atoms with E-state index in [4.69, 9.17) is 11.0 Å². The second-order valence-electron chi connectivity index (χ2n) is 3.33. The molecular weight excluding hydrogens is 138 g/mol. The smallest absolute Gasteiger partial charge is 0.104 e. The lowest BCUT2D eigenvalue weighted by Gasteiger charge is -2.31. The highest BCUT2D eigenvalue weighted by Crippen LogP contribution is 2.25. The van der Waals surface area contributed by atoms with E-state index >= 15 is 0 Å². The van der Waals surface area contributed by atoms with E-state index < -0.39 is 5.54 Å². The van der Waals surface area contributed by atoms with Crippen molar-refractivity contribution in [3.8, 4) is 6.07 Å². The Morgan fingerprint density at radius 3 is 2.45 bits per heavy atom. The van der Waals surface area contributed by atoms with Crippen LogP contribution in [0.25, 0.3) is 0 Å². The van der Waals surface area contributed by atoms with Gasteiger partial charge in [0.2, 0.25) is 0 Å². The molecule has 1 fully saturated rings. The van der Waals surface area contributed by atoms with Crippen molar-refractivity contribution in [1.29, 1.82) is 5.26 Å². The fourth-order valence-electron chi connectivity index (χ4n) is 1.53. The lowest BCUT2D eigenvalue weighted by Crippen LogP contribution is -2.45. The summed E-state index contributed by atoms with van der Waals surface area (Å²) in [5, 5.41) is 11.9. The van der Waals surface area contributed by atoms with Gasteiger partial charge in [-0.1, -0.05) is 0 Å². The number of hydrogen-bond acceptors (Lipinski definition) is 3. The van der Waals surface area contributed by atoms with Gasteiger partial charge in [0.15, 0.2) is 0 Å². The molecule has 3 heteroatoms. The largest absolute Gasteiger partial charge is 0.317 e. The number of nitrogens with one attached hydrogen (secondary N) is 1. The predicted molar refractivity (Wildman–Crippen MR) is 43.8 cm³/mol. The molecule has 62 valence electrons. The fraction of sp³-hybridized carbons (Fsp3) is 0.875. The van der Waals surface area contributed by atoms with Crippen molar-refractivity contribution in [3.05, 3.63) is 0 Å². The van der Waals surface area contributed by atoms with Gasteiger partial charge < -0.3 is 11.1 Å². The molecule has 0 heterocycles. The van der Waals surface area contributed by atoms with Crippen LogP contribution in [0.4, 0.5) is 0 Å². The van der Waals surface area contributed by atoms with Crippen LogP contribution in [0.3, 0.4) is 0 Å². The highest BCUT2D eigenvalue weighted by molar-refractivity contribution is 5.07. The number of rotatable bonds is 1. The summed E-state index contributed by atoms with van der Waals surface area (Å²) >= 11 is 0. The SMILES string of the molecule is CNC1CCC(N)(C#N)CC1. The van der Waals surface area contributed by atoms with Crippen molar-refractivity contribution in [2.24, 2.45) is 5.73 Å². The molecule has 3 nitrogen and oxygen atoms in total. The lowest BCUT2D eigenvalue weighted by atomic mass is 9.81. The maximum Gasteiger partial charge on any atom is 0.104 e. The van der Waals surface area contributed by atoms with Crippen molar-refractivity contribution in [1.82, 2.24) is 5.32 Å². The molecule has 1 saturated carbocycles. The Labute approximate surface area is 67.6 Å². The Morgan fingerprint density at radius 2 is 2.09 bits per heavy atom. The molecule has 0 aromatic carbocycles. The summed E-state index contributed by atoms with van der Waals surface area (Å²) in [6.07, 6.45) is 3.71. The lowest BCUT2D eigenvalue weighted by molar-refractivity contribution is 0.308. The molecule has 0 amide bonds. The summed E-state index contributed by atoms with van der Waals surface area (Å²) in [7, 11) is 1.96. The van der Waals surface area contributed by atoms with Gasteiger partial charge in [0.05, 0.1) is 6.07 Å². The highest BCUT2D eigenvalue weighted by Gasteiger charge is 2.30. The van der Waals surface area contributed by atoms with E-state index in [0.29, 0.717) is 6.04 Å². The molecule has 1 aliphatic carbocycles. The van der Waals surface area contributed by atoms with E-state index in [1.165, 1.54) is 0 Å². The summed E-state index contributed by atoms with van der Waals surface area (Å²) in [5.41, 5.74) is 5.25. The van der Waals surface area contributed by atoms with Crippen molar-refractivity contribution in [2.45, 2.75) is 37.3 Å². The number of nitrogens with zero attached hydrogens (tertiary/aromatic N) is 1. The third-order valence-corrected chi connectivity index (χ3v) is 2.51. The van der Waals surface area contributed by atoms with Crippen LogP contribution in [0.1, 0.15) is 25.7 Å². The van der Waals surface area contributed by atoms with Crippen LogP contribution in [-0.2, 0) is 0 Å². The third-order valence-electron chi connectivity index (χ3n) is 2.51. The molecule has 0 unspecified atom stereocenters. The Morgan fingerprint density at radius 1 is 1.55 bits per heavy atom. The van der Waals surface area contributed by atoms with E-state index in [9.17, 15) is 0 Å². The Hall–Kier alpha value is -0.590. The summed E-state index contributed by atoms with van der Waals surface area (Å²) in [4.78, 5) is 0. The first-order chi connectivity index (χ1) is 5.20. The van der Waals surface area contributed by atoms with Crippen LogP contribution in [0.2, 0.25) is 0 Å². The fourth-order valence-corrected chi connectivity index (χ4v) is 1.53. The minimum atomic E-state index is -0.534. The van der Waals surface area contributed by atoms with Gasteiger partial charge in [0.25, 0.3) is 0 Å². The van der Waals surface area contributed by atoms with E-state index in [0.717, 1.165) is 25.7 Å². The molecule has 0 bridgehead atoms. The first kappa shape index (κ1) is 8.51. The quantitative estimate of drug-likeness (QED) is 0.572. The van der Waals surface area contributed by atoms with Crippen molar-refractivity contribution in [2.75, 3.05) is 7.05 Å². The molecule has 11 heavy (non-hydrogen) atoms. The maximum atomic E-state index is 8.71. The number of nitrogens with two attached hydrogens (primary N) is 1. The normalized spacial score (nSPS) is 38.1. The van der Waals surface area contributed by atoms with E-state index in [1.54, 1.807) is 0 Å². The van der Waals surface area contributed by atoms with Gasteiger partial charge in [-0.3, -0.25) is 0 Å². The topological polar surface area (TPSA) is 61.8 Å². The van der Waals surface area contributed by atoms with Crippen LogP contribution in [0.15, 0.2) is 0 Å². The van der Waals surface area contributed by atoms with E-state index in [-0.39, 0.29) is 0 Å². The summed E-state index contributed by atoms with van der Waals surface area (Å²) < 4.78 is 0. The van der Waals surface area contributed by atoms with Gasteiger partial charge >= 0.3 is 0 Å². The van der Waals surface area contributed by atoms with Crippen LogP contribution in [-0.4, -0.2) is 18.6 Å². The molecule has 0 spiro atoms. The molecular formula is C8H15N3.